The fourth-order valence-corrected chi connectivity index (χ4v) is 2.67. The summed E-state index contributed by atoms with van der Waals surface area (Å²) in [6, 6.07) is 6.41. The zero-order valence-corrected chi connectivity index (χ0v) is 15.3. The second-order valence-electron chi connectivity index (χ2n) is 6.37. The molecule has 1 N–H and O–H groups in total. The number of nitrogens with one attached hydrogen (secondary N) is 1. The van der Waals surface area contributed by atoms with Crippen molar-refractivity contribution < 1.29 is 35.9 Å². The maximum atomic E-state index is 12.7. The number of halogens is 6. The van der Waals surface area contributed by atoms with Crippen LogP contribution in [0.3, 0.4) is 0 Å². The van der Waals surface area contributed by atoms with Crippen molar-refractivity contribution in [3.05, 3.63) is 42.7 Å². The third kappa shape index (κ3) is 4.99. The third-order valence-corrected chi connectivity index (χ3v) is 4.05. The number of carbonyl (C=O) groups is 1. The van der Waals surface area contributed by atoms with E-state index in [1.807, 2.05) is 0 Å². The molecule has 12 heteroatoms. The van der Waals surface area contributed by atoms with Crippen LogP contribution in [0.1, 0.15) is 13.3 Å². The molecule has 0 saturated carbocycles. The summed E-state index contributed by atoms with van der Waals surface area (Å²) in [5.41, 5.74) is 0.315. The molecule has 6 nitrogen and oxygen atoms in total. The summed E-state index contributed by atoms with van der Waals surface area (Å²) in [6.45, 7) is 0.865. The van der Waals surface area contributed by atoms with Gasteiger partial charge in [0.25, 0.3) is 0 Å². The van der Waals surface area contributed by atoms with Crippen LogP contribution in [-0.2, 0) is 4.79 Å². The number of hydrogen-bond acceptors (Lipinski definition) is 4. The Bertz CT molecular complexity index is 1060. The van der Waals surface area contributed by atoms with Gasteiger partial charge in [-0.2, -0.15) is 18.2 Å². The van der Waals surface area contributed by atoms with Crippen molar-refractivity contribution in [3.8, 4) is 17.0 Å². The number of nitrogens with zero attached hydrogens (tertiary/aromatic N) is 3. The summed E-state index contributed by atoms with van der Waals surface area (Å²) < 4.78 is 81.1. The fourth-order valence-electron chi connectivity index (χ4n) is 2.67. The smallest absolute Gasteiger partial charge is 0.406 e. The Balaban J connectivity index is 1.99. The van der Waals surface area contributed by atoms with E-state index in [-0.39, 0.29) is 22.9 Å². The van der Waals surface area contributed by atoms with Gasteiger partial charge >= 0.3 is 12.5 Å². The Morgan fingerprint density at radius 1 is 1.20 bits per heavy atom. The second kappa shape index (κ2) is 7.84. The predicted octanol–water partition coefficient (Wildman–Crippen LogP) is 4.82. The van der Waals surface area contributed by atoms with Crippen LogP contribution in [0, 0.1) is 5.92 Å². The van der Waals surface area contributed by atoms with Crippen molar-refractivity contribution in [2.45, 2.75) is 25.9 Å². The number of aromatic nitrogens is 3. The molecular formula is C18H14F6N4O2. The lowest BCUT2D eigenvalue weighted by Gasteiger charge is -2.15. The second-order valence-corrected chi connectivity index (χ2v) is 6.37. The van der Waals surface area contributed by atoms with Crippen molar-refractivity contribution in [3.63, 3.8) is 0 Å². The van der Waals surface area contributed by atoms with Gasteiger partial charge in [0.2, 0.25) is 11.7 Å². The van der Waals surface area contributed by atoms with Gasteiger partial charge in [-0.3, -0.25) is 9.20 Å². The number of anilines is 1. The number of alkyl halides is 6. The van der Waals surface area contributed by atoms with E-state index >= 15 is 0 Å². The molecule has 0 spiro atoms. The molecule has 3 rings (SSSR count). The average molecular weight is 432 g/mol. The normalized spacial score (nSPS) is 13.3. The van der Waals surface area contributed by atoms with Gasteiger partial charge in [-0.15, -0.1) is 13.2 Å². The first kappa shape index (κ1) is 21.4. The van der Waals surface area contributed by atoms with E-state index in [9.17, 15) is 31.1 Å². The molecule has 0 aliphatic rings. The first-order valence-corrected chi connectivity index (χ1v) is 8.50. The fraction of sp³-hybridized carbons (Fsp3) is 0.278. The molecule has 1 unspecified atom stereocenters. The molecule has 3 aromatic rings. The lowest BCUT2D eigenvalue weighted by atomic mass is 10.1. The van der Waals surface area contributed by atoms with E-state index in [1.54, 1.807) is 0 Å². The van der Waals surface area contributed by atoms with Crippen molar-refractivity contribution in [2.75, 3.05) is 5.32 Å². The monoisotopic (exact) mass is 432 g/mol. The molecule has 0 saturated heterocycles. The van der Waals surface area contributed by atoms with Gasteiger partial charge in [0.05, 0.1) is 11.6 Å². The molecule has 2 heterocycles. The van der Waals surface area contributed by atoms with Gasteiger partial charge in [0.1, 0.15) is 5.75 Å². The number of carbonyl (C=O) groups excluding carboxylic acids is 1. The highest BCUT2D eigenvalue weighted by Crippen LogP contribution is 2.33. The summed E-state index contributed by atoms with van der Waals surface area (Å²) in [7, 11) is 0. The number of benzene rings is 1. The minimum absolute atomic E-state index is 0.0915. The van der Waals surface area contributed by atoms with E-state index in [0.29, 0.717) is 0 Å². The molecule has 30 heavy (non-hydrogen) atoms. The van der Waals surface area contributed by atoms with E-state index in [4.69, 9.17) is 0 Å². The van der Waals surface area contributed by atoms with Crippen molar-refractivity contribution in [1.29, 1.82) is 0 Å². The maximum Gasteiger partial charge on any atom is 0.573 e. The van der Waals surface area contributed by atoms with Gasteiger partial charge in [-0.25, -0.2) is 4.98 Å². The van der Waals surface area contributed by atoms with Crippen molar-refractivity contribution >= 4 is 17.5 Å². The Labute approximate surface area is 165 Å². The third-order valence-electron chi connectivity index (χ3n) is 4.05. The molecule has 0 aliphatic carbocycles. The number of ether oxygens (including phenoxy) is 1. The molecule has 0 bridgehead atoms. The van der Waals surface area contributed by atoms with Crippen LogP contribution in [0.4, 0.5) is 32.2 Å². The highest BCUT2D eigenvalue weighted by molar-refractivity contribution is 5.94. The van der Waals surface area contributed by atoms with Gasteiger partial charge in [0.15, 0.2) is 5.82 Å². The summed E-state index contributed by atoms with van der Waals surface area (Å²) in [4.78, 5) is 20.2. The van der Waals surface area contributed by atoms with Gasteiger partial charge in [-0.1, -0.05) is 19.1 Å². The van der Waals surface area contributed by atoms with Crippen LogP contribution in [0.2, 0.25) is 0 Å². The van der Waals surface area contributed by atoms with Crippen molar-refractivity contribution in [1.82, 2.24) is 14.4 Å². The van der Waals surface area contributed by atoms with Gasteiger partial charge in [0, 0.05) is 24.4 Å². The van der Waals surface area contributed by atoms with Gasteiger partial charge < -0.3 is 10.1 Å². The van der Waals surface area contributed by atoms with Crippen LogP contribution in [-0.4, -0.2) is 32.8 Å². The van der Waals surface area contributed by atoms with Crippen LogP contribution in [0.5, 0.6) is 5.75 Å². The SMILES string of the molecule is CC(CC(=O)Nc1nc2ncccn2c1-c1cccc(OC(F)(F)F)c1)C(F)(F)F. The van der Waals surface area contributed by atoms with E-state index < -0.39 is 36.5 Å². The van der Waals surface area contributed by atoms with Crippen LogP contribution < -0.4 is 10.1 Å². The predicted molar refractivity (Wildman–Crippen MR) is 93.6 cm³/mol. The number of fused-ring (bicyclic) bond motifs is 1. The minimum atomic E-state index is -4.91. The zero-order valence-electron chi connectivity index (χ0n) is 15.3. The lowest BCUT2D eigenvalue weighted by Crippen LogP contribution is -2.25. The summed E-state index contributed by atoms with van der Waals surface area (Å²) in [6.07, 6.45) is -7.42. The quantitative estimate of drug-likeness (QED) is 0.587. The molecule has 1 amide bonds. The van der Waals surface area contributed by atoms with Gasteiger partial charge in [-0.05, 0) is 18.2 Å². The van der Waals surface area contributed by atoms with E-state index in [1.165, 1.54) is 35.0 Å². The number of rotatable bonds is 5. The standard InChI is InChI=1S/C18H14F6N4O2/c1-10(17(19,20)21)8-13(29)26-15-14(28-7-3-6-25-16(28)27-15)11-4-2-5-12(9-11)30-18(22,23)24/h2-7,9-10H,8H2,1H3,(H,26,29). The summed E-state index contributed by atoms with van der Waals surface area (Å²) in [5, 5.41) is 2.30. The van der Waals surface area contributed by atoms with Crippen LogP contribution >= 0.6 is 0 Å². The first-order valence-electron chi connectivity index (χ1n) is 8.50. The van der Waals surface area contributed by atoms with E-state index in [2.05, 4.69) is 20.0 Å². The van der Waals surface area contributed by atoms with E-state index in [0.717, 1.165) is 19.1 Å². The molecule has 0 radical (unpaired) electrons. The Kier molecular flexibility index (Phi) is 5.59. The minimum Gasteiger partial charge on any atom is -0.406 e. The molecule has 0 fully saturated rings. The number of hydrogen-bond donors (Lipinski definition) is 1. The highest BCUT2D eigenvalue weighted by atomic mass is 19.4. The molecule has 1 atom stereocenters. The zero-order chi connectivity index (χ0) is 22.1. The molecular weight excluding hydrogens is 418 g/mol. The molecule has 2 aromatic heterocycles. The Morgan fingerprint density at radius 3 is 2.60 bits per heavy atom. The summed E-state index contributed by atoms with van der Waals surface area (Å²) in [5.74, 6) is -3.40. The van der Waals surface area contributed by atoms with Crippen molar-refractivity contribution in [2.24, 2.45) is 5.92 Å². The van der Waals surface area contributed by atoms with Crippen LogP contribution in [0.25, 0.3) is 17.0 Å². The Hall–Kier alpha value is -3.31. The lowest BCUT2D eigenvalue weighted by molar-refractivity contribution is -0.274. The topological polar surface area (TPSA) is 68.5 Å². The summed E-state index contributed by atoms with van der Waals surface area (Å²) >= 11 is 0. The first-order chi connectivity index (χ1) is 13.9. The number of imidazole rings is 1. The highest BCUT2D eigenvalue weighted by Gasteiger charge is 2.37. The number of amides is 1. The van der Waals surface area contributed by atoms with Crippen LogP contribution in [0.15, 0.2) is 42.7 Å². The maximum absolute atomic E-state index is 12.7. The molecule has 1 aromatic carbocycles. The Morgan fingerprint density at radius 2 is 1.93 bits per heavy atom. The molecule has 0 aliphatic heterocycles. The molecule has 160 valence electrons. The average Bonchev–Trinajstić information content (AvgIpc) is 2.97. The largest absolute Gasteiger partial charge is 0.573 e.